The number of nitrogens with zero attached hydrogens (tertiary/aromatic N) is 5. The van der Waals surface area contributed by atoms with Crippen molar-refractivity contribution in [3.63, 3.8) is 0 Å². The molecule has 0 atom stereocenters. The third-order valence-electron chi connectivity index (χ3n) is 3.92. The van der Waals surface area contributed by atoms with Crippen molar-refractivity contribution in [1.82, 2.24) is 25.1 Å². The van der Waals surface area contributed by atoms with Crippen LogP contribution in [0.4, 0.5) is 11.8 Å². The van der Waals surface area contributed by atoms with Crippen LogP contribution in [-0.2, 0) is 0 Å². The van der Waals surface area contributed by atoms with Gasteiger partial charge >= 0.3 is 0 Å². The van der Waals surface area contributed by atoms with Gasteiger partial charge in [0.25, 0.3) is 5.56 Å². The third kappa shape index (κ3) is 2.50. The molecule has 8 nitrogen and oxygen atoms in total. The van der Waals surface area contributed by atoms with E-state index in [2.05, 4.69) is 30.0 Å². The maximum absolute atomic E-state index is 12.0. The Balaban J connectivity index is 1.55. The average Bonchev–Trinajstić information content (AvgIpc) is 3.05. The molecule has 0 unspecified atom stereocenters. The second kappa shape index (κ2) is 5.54. The fourth-order valence-corrected chi connectivity index (χ4v) is 2.96. The number of aromatic nitrogens is 5. The summed E-state index contributed by atoms with van der Waals surface area (Å²) in [6, 6.07) is 3.65. The molecule has 0 aromatic carbocycles. The number of fused-ring (bicyclic) bond motifs is 1. The minimum absolute atomic E-state index is 0.186. The van der Waals surface area contributed by atoms with E-state index in [4.69, 9.17) is 11.6 Å². The van der Waals surface area contributed by atoms with Crippen molar-refractivity contribution in [2.24, 2.45) is 0 Å². The first-order valence-corrected chi connectivity index (χ1v) is 7.64. The van der Waals surface area contributed by atoms with E-state index in [1.165, 1.54) is 6.20 Å². The van der Waals surface area contributed by atoms with Crippen molar-refractivity contribution in [2.45, 2.75) is 0 Å². The van der Waals surface area contributed by atoms with Crippen LogP contribution in [0.25, 0.3) is 11.0 Å². The van der Waals surface area contributed by atoms with Crippen LogP contribution in [0.2, 0.25) is 5.02 Å². The van der Waals surface area contributed by atoms with Gasteiger partial charge in [-0.2, -0.15) is 10.1 Å². The first kappa shape index (κ1) is 14.0. The largest absolute Gasteiger partial charge is 0.352 e. The van der Waals surface area contributed by atoms with E-state index in [1.807, 2.05) is 17.0 Å². The summed E-state index contributed by atoms with van der Waals surface area (Å²) in [5.41, 5.74) is 0.313. The Hall–Kier alpha value is -2.61. The predicted molar refractivity (Wildman–Crippen MR) is 88.2 cm³/mol. The molecule has 3 aromatic heterocycles. The average molecular weight is 332 g/mol. The topological polar surface area (TPSA) is 93.8 Å². The van der Waals surface area contributed by atoms with Gasteiger partial charge in [0.1, 0.15) is 11.2 Å². The van der Waals surface area contributed by atoms with E-state index in [0.717, 1.165) is 32.0 Å². The Labute approximate surface area is 136 Å². The molecule has 0 spiro atoms. The highest BCUT2D eigenvalue weighted by atomic mass is 35.5. The molecular formula is C14H14ClN7O. The molecule has 0 bridgehead atoms. The molecule has 1 aliphatic heterocycles. The van der Waals surface area contributed by atoms with Crippen LogP contribution in [0.15, 0.2) is 29.3 Å². The summed E-state index contributed by atoms with van der Waals surface area (Å²) >= 11 is 6.20. The molecular weight excluding hydrogens is 318 g/mol. The lowest BCUT2D eigenvalue weighted by Crippen LogP contribution is -2.47. The highest BCUT2D eigenvalue weighted by Crippen LogP contribution is 2.24. The number of piperazine rings is 1. The zero-order chi connectivity index (χ0) is 15.8. The summed E-state index contributed by atoms with van der Waals surface area (Å²) in [6.45, 7) is 2.94. The van der Waals surface area contributed by atoms with Gasteiger partial charge in [0.15, 0.2) is 5.65 Å². The van der Waals surface area contributed by atoms with E-state index in [1.54, 1.807) is 6.20 Å². The fraction of sp³-hybridized carbons (Fsp3) is 0.286. The van der Waals surface area contributed by atoms with Gasteiger partial charge in [-0.15, -0.1) is 0 Å². The second-order valence-electron chi connectivity index (χ2n) is 5.30. The van der Waals surface area contributed by atoms with Crippen molar-refractivity contribution >= 4 is 34.4 Å². The molecule has 9 heteroatoms. The molecule has 3 aromatic rings. The molecule has 118 valence electrons. The third-order valence-corrected chi connectivity index (χ3v) is 4.22. The first-order valence-electron chi connectivity index (χ1n) is 7.26. The lowest BCUT2D eigenvalue weighted by atomic mass is 10.3. The maximum atomic E-state index is 12.0. The van der Waals surface area contributed by atoms with Crippen LogP contribution < -0.4 is 15.4 Å². The number of nitrogens with one attached hydrogen (secondary N) is 2. The van der Waals surface area contributed by atoms with Gasteiger partial charge in [-0.25, -0.2) is 4.98 Å². The zero-order valence-electron chi connectivity index (χ0n) is 12.2. The fourth-order valence-electron chi connectivity index (χ4n) is 2.72. The summed E-state index contributed by atoms with van der Waals surface area (Å²) in [5.74, 6) is 1.35. The van der Waals surface area contributed by atoms with Crippen LogP contribution in [-0.4, -0.2) is 51.3 Å². The monoisotopic (exact) mass is 331 g/mol. The lowest BCUT2D eigenvalue weighted by molar-refractivity contribution is 0.635. The van der Waals surface area contributed by atoms with Gasteiger partial charge in [0.05, 0.1) is 11.2 Å². The molecule has 0 saturated carbocycles. The molecule has 23 heavy (non-hydrogen) atoms. The normalized spacial score (nSPS) is 15.3. The van der Waals surface area contributed by atoms with Crippen molar-refractivity contribution in [3.05, 3.63) is 39.9 Å². The number of pyridine rings is 1. The van der Waals surface area contributed by atoms with Crippen LogP contribution >= 0.6 is 11.6 Å². The summed E-state index contributed by atoms with van der Waals surface area (Å²) in [7, 11) is 0. The Bertz CT molecular complexity index is 897. The smallest absolute Gasteiger partial charge is 0.263 e. The van der Waals surface area contributed by atoms with E-state index in [0.29, 0.717) is 22.0 Å². The van der Waals surface area contributed by atoms with Gasteiger partial charge in [-0.3, -0.25) is 14.9 Å². The van der Waals surface area contributed by atoms with Crippen LogP contribution in [0, 0.1) is 0 Å². The highest BCUT2D eigenvalue weighted by molar-refractivity contribution is 6.32. The molecule has 0 amide bonds. The molecule has 1 saturated heterocycles. The number of halogens is 1. The Morgan fingerprint density at radius 1 is 1.17 bits per heavy atom. The first-order chi connectivity index (χ1) is 11.2. The van der Waals surface area contributed by atoms with Gasteiger partial charge in [-0.05, 0) is 12.1 Å². The van der Waals surface area contributed by atoms with Crippen LogP contribution in [0.3, 0.4) is 0 Å². The number of H-pyrrole nitrogens is 2. The number of hydrogen-bond donors (Lipinski definition) is 2. The number of anilines is 2. The number of hydrogen-bond acceptors (Lipinski definition) is 6. The summed E-state index contributed by atoms with van der Waals surface area (Å²) in [5, 5.41) is 7.70. The summed E-state index contributed by atoms with van der Waals surface area (Å²) in [4.78, 5) is 27.8. The Morgan fingerprint density at radius 2 is 1.96 bits per heavy atom. The number of aromatic amines is 2. The van der Waals surface area contributed by atoms with Crippen LogP contribution in [0.5, 0.6) is 0 Å². The van der Waals surface area contributed by atoms with Gasteiger partial charge in [0.2, 0.25) is 5.95 Å². The molecule has 4 rings (SSSR count). The number of rotatable bonds is 2. The molecule has 0 aliphatic carbocycles. The van der Waals surface area contributed by atoms with Crippen LogP contribution in [0.1, 0.15) is 0 Å². The molecule has 0 radical (unpaired) electrons. The Morgan fingerprint density at radius 3 is 2.74 bits per heavy atom. The Kier molecular flexibility index (Phi) is 3.38. The summed E-state index contributed by atoms with van der Waals surface area (Å²) in [6.07, 6.45) is 3.21. The van der Waals surface area contributed by atoms with Gasteiger partial charge < -0.3 is 9.80 Å². The van der Waals surface area contributed by atoms with E-state index in [9.17, 15) is 4.79 Å². The second-order valence-corrected chi connectivity index (χ2v) is 5.71. The van der Waals surface area contributed by atoms with Crippen molar-refractivity contribution in [2.75, 3.05) is 36.0 Å². The van der Waals surface area contributed by atoms with Gasteiger partial charge in [-0.1, -0.05) is 11.6 Å². The van der Waals surface area contributed by atoms with E-state index < -0.39 is 0 Å². The highest BCUT2D eigenvalue weighted by Gasteiger charge is 2.21. The molecule has 1 aliphatic rings. The molecule has 2 N–H and O–H groups in total. The van der Waals surface area contributed by atoms with Crippen molar-refractivity contribution in [3.8, 4) is 0 Å². The lowest BCUT2D eigenvalue weighted by Gasteiger charge is -2.35. The van der Waals surface area contributed by atoms with E-state index in [-0.39, 0.29) is 5.56 Å². The van der Waals surface area contributed by atoms with Crippen molar-refractivity contribution < 1.29 is 0 Å². The van der Waals surface area contributed by atoms with Crippen molar-refractivity contribution in [1.29, 1.82) is 0 Å². The van der Waals surface area contributed by atoms with Gasteiger partial charge in [0, 0.05) is 32.4 Å². The molecule has 1 fully saturated rings. The quantitative estimate of drug-likeness (QED) is 0.728. The van der Waals surface area contributed by atoms with E-state index >= 15 is 0 Å². The predicted octanol–water partition coefficient (Wildman–Crippen LogP) is 1.02. The zero-order valence-corrected chi connectivity index (χ0v) is 12.9. The SMILES string of the molecule is O=c1[nH]c(N2CCN(c3ncccc3Cl)CC2)nc2[nH]ncc12. The minimum Gasteiger partial charge on any atom is -0.352 e. The maximum Gasteiger partial charge on any atom is 0.263 e. The standard InChI is InChI=1S/C14H14ClN7O/c15-10-2-1-3-16-12(10)21-4-6-22(7-5-21)14-18-11-9(8-17-20-11)13(23)19-14/h1-3,8H,4-7H2,(H2,17,18,19,20,23). The molecule has 4 heterocycles. The minimum atomic E-state index is -0.186. The summed E-state index contributed by atoms with van der Waals surface area (Å²) < 4.78 is 0.